The third kappa shape index (κ3) is 2.25. The van der Waals surface area contributed by atoms with Gasteiger partial charge in [-0.25, -0.2) is 0 Å². The largest absolute Gasteiger partial charge is 0.382 e. The highest BCUT2D eigenvalue weighted by atomic mass is 15.3. The third-order valence-corrected chi connectivity index (χ3v) is 2.82. The van der Waals surface area contributed by atoms with Crippen LogP contribution in [0.15, 0.2) is 24.3 Å². The maximum absolute atomic E-state index is 5.99. The molecule has 1 aromatic heterocycles. The Morgan fingerprint density at radius 2 is 1.94 bits per heavy atom. The number of anilines is 3. The molecule has 4 heteroatoms. The standard InChI is InChI=1S/C13H18N4/c1-4-11-12(13(14)17(3)16-11)15-10-7-5-9(2)6-8-10/h5-8,15H,4,14H2,1-3H3. The van der Waals surface area contributed by atoms with Crippen molar-refractivity contribution in [2.24, 2.45) is 7.05 Å². The van der Waals surface area contributed by atoms with E-state index in [1.807, 2.05) is 19.2 Å². The minimum Gasteiger partial charge on any atom is -0.382 e. The monoisotopic (exact) mass is 230 g/mol. The average Bonchev–Trinajstić information content (AvgIpc) is 2.59. The van der Waals surface area contributed by atoms with Crippen molar-refractivity contribution < 1.29 is 0 Å². The van der Waals surface area contributed by atoms with E-state index in [0.717, 1.165) is 23.5 Å². The molecule has 0 atom stereocenters. The van der Waals surface area contributed by atoms with Crippen LogP contribution in [-0.2, 0) is 13.5 Å². The van der Waals surface area contributed by atoms with Crippen LogP contribution < -0.4 is 11.1 Å². The maximum Gasteiger partial charge on any atom is 0.145 e. The van der Waals surface area contributed by atoms with Crippen molar-refractivity contribution in [2.45, 2.75) is 20.3 Å². The summed E-state index contributed by atoms with van der Waals surface area (Å²) in [6, 6.07) is 8.23. The van der Waals surface area contributed by atoms with Crippen molar-refractivity contribution in [1.29, 1.82) is 0 Å². The molecule has 4 nitrogen and oxygen atoms in total. The van der Waals surface area contributed by atoms with E-state index in [9.17, 15) is 0 Å². The normalized spacial score (nSPS) is 10.5. The quantitative estimate of drug-likeness (QED) is 0.852. The zero-order valence-corrected chi connectivity index (χ0v) is 10.5. The zero-order valence-electron chi connectivity index (χ0n) is 10.5. The number of aromatic nitrogens is 2. The van der Waals surface area contributed by atoms with Gasteiger partial charge in [-0.1, -0.05) is 24.6 Å². The lowest BCUT2D eigenvalue weighted by Crippen LogP contribution is -2.00. The molecule has 2 aromatic rings. The molecule has 0 radical (unpaired) electrons. The molecule has 0 unspecified atom stereocenters. The van der Waals surface area contributed by atoms with Crippen LogP contribution >= 0.6 is 0 Å². The first-order valence-electron chi connectivity index (χ1n) is 5.77. The van der Waals surface area contributed by atoms with E-state index in [0.29, 0.717) is 5.82 Å². The highest BCUT2D eigenvalue weighted by Gasteiger charge is 2.12. The van der Waals surface area contributed by atoms with Crippen molar-refractivity contribution >= 4 is 17.2 Å². The van der Waals surface area contributed by atoms with Gasteiger partial charge in [-0.2, -0.15) is 5.10 Å². The molecule has 0 spiro atoms. The molecular formula is C13H18N4. The smallest absolute Gasteiger partial charge is 0.145 e. The van der Waals surface area contributed by atoms with Gasteiger partial charge in [-0.15, -0.1) is 0 Å². The summed E-state index contributed by atoms with van der Waals surface area (Å²) >= 11 is 0. The van der Waals surface area contributed by atoms with E-state index in [1.165, 1.54) is 5.56 Å². The summed E-state index contributed by atoms with van der Waals surface area (Å²) in [6.45, 7) is 4.14. The van der Waals surface area contributed by atoms with E-state index in [1.54, 1.807) is 4.68 Å². The Morgan fingerprint density at radius 1 is 1.29 bits per heavy atom. The predicted octanol–water partition coefficient (Wildman–Crippen LogP) is 2.62. The summed E-state index contributed by atoms with van der Waals surface area (Å²) < 4.78 is 1.70. The van der Waals surface area contributed by atoms with Gasteiger partial charge in [0.25, 0.3) is 0 Å². The Balaban J connectivity index is 2.32. The van der Waals surface area contributed by atoms with Gasteiger partial charge in [0.2, 0.25) is 0 Å². The molecule has 3 N–H and O–H groups in total. The summed E-state index contributed by atoms with van der Waals surface area (Å²) in [6.07, 6.45) is 0.860. The molecule has 0 aliphatic carbocycles. The number of hydrogen-bond acceptors (Lipinski definition) is 3. The van der Waals surface area contributed by atoms with E-state index in [4.69, 9.17) is 5.73 Å². The average molecular weight is 230 g/mol. The first-order valence-corrected chi connectivity index (χ1v) is 5.77. The molecule has 1 aromatic carbocycles. The van der Waals surface area contributed by atoms with Gasteiger partial charge >= 0.3 is 0 Å². The van der Waals surface area contributed by atoms with Gasteiger partial charge in [0.1, 0.15) is 11.5 Å². The first-order chi connectivity index (χ1) is 8.11. The van der Waals surface area contributed by atoms with Crippen LogP contribution in [0.4, 0.5) is 17.2 Å². The van der Waals surface area contributed by atoms with E-state index < -0.39 is 0 Å². The lowest BCUT2D eigenvalue weighted by Gasteiger charge is -2.07. The highest BCUT2D eigenvalue weighted by Crippen LogP contribution is 2.27. The molecule has 0 saturated carbocycles. The number of nitrogens with zero attached hydrogens (tertiary/aromatic N) is 2. The van der Waals surface area contributed by atoms with E-state index in [2.05, 4.69) is 36.4 Å². The second kappa shape index (κ2) is 4.49. The number of nitrogens with two attached hydrogens (primary N) is 1. The van der Waals surface area contributed by atoms with Crippen LogP contribution in [0, 0.1) is 6.92 Å². The summed E-state index contributed by atoms with van der Waals surface area (Å²) in [5.41, 5.74) is 10.2. The van der Waals surface area contributed by atoms with Gasteiger partial charge in [0.05, 0.1) is 5.69 Å². The summed E-state index contributed by atoms with van der Waals surface area (Å²) in [4.78, 5) is 0. The van der Waals surface area contributed by atoms with Crippen LogP contribution in [0.25, 0.3) is 0 Å². The van der Waals surface area contributed by atoms with Crippen LogP contribution in [0.3, 0.4) is 0 Å². The van der Waals surface area contributed by atoms with Crippen molar-refractivity contribution in [3.63, 3.8) is 0 Å². The summed E-state index contributed by atoms with van der Waals surface area (Å²) in [5, 5.41) is 7.70. The maximum atomic E-state index is 5.99. The lowest BCUT2D eigenvalue weighted by atomic mass is 10.2. The fraction of sp³-hybridized carbons (Fsp3) is 0.308. The molecule has 2 rings (SSSR count). The van der Waals surface area contributed by atoms with Crippen LogP contribution in [0.1, 0.15) is 18.2 Å². The molecule has 0 saturated heterocycles. The molecule has 1 heterocycles. The second-order valence-corrected chi connectivity index (χ2v) is 4.18. The third-order valence-electron chi connectivity index (χ3n) is 2.82. The van der Waals surface area contributed by atoms with E-state index in [-0.39, 0.29) is 0 Å². The number of aryl methyl sites for hydroxylation is 3. The molecule has 0 amide bonds. The van der Waals surface area contributed by atoms with Crippen LogP contribution in [0.2, 0.25) is 0 Å². The van der Waals surface area contributed by atoms with Gasteiger partial charge in [0.15, 0.2) is 0 Å². The minimum absolute atomic E-state index is 0.669. The summed E-state index contributed by atoms with van der Waals surface area (Å²) in [5.74, 6) is 0.669. The first kappa shape index (κ1) is 11.5. The SMILES string of the molecule is CCc1nn(C)c(N)c1Nc1ccc(C)cc1. The molecule has 0 fully saturated rings. The number of benzene rings is 1. The molecule has 0 aliphatic rings. The summed E-state index contributed by atoms with van der Waals surface area (Å²) in [7, 11) is 1.86. The molecule has 0 aliphatic heterocycles. The lowest BCUT2D eigenvalue weighted by molar-refractivity contribution is 0.755. The Kier molecular flexibility index (Phi) is 3.04. The van der Waals surface area contributed by atoms with Crippen LogP contribution in [0.5, 0.6) is 0 Å². The van der Waals surface area contributed by atoms with Crippen molar-refractivity contribution in [3.8, 4) is 0 Å². The number of rotatable bonds is 3. The second-order valence-electron chi connectivity index (χ2n) is 4.18. The number of hydrogen-bond donors (Lipinski definition) is 2. The van der Waals surface area contributed by atoms with Gasteiger partial charge in [0, 0.05) is 12.7 Å². The topological polar surface area (TPSA) is 55.9 Å². The highest BCUT2D eigenvalue weighted by molar-refractivity contribution is 5.72. The Hall–Kier alpha value is -1.97. The molecule has 90 valence electrons. The molecule has 17 heavy (non-hydrogen) atoms. The molecule has 0 bridgehead atoms. The minimum atomic E-state index is 0.669. The van der Waals surface area contributed by atoms with Crippen molar-refractivity contribution in [2.75, 3.05) is 11.1 Å². The van der Waals surface area contributed by atoms with E-state index >= 15 is 0 Å². The molecular weight excluding hydrogens is 212 g/mol. The Labute approximate surface area is 101 Å². The van der Waals surface area contributed by atoms with Gasteiger partial charge in [-0.3, -0.25) is 4.68 Å². The Bertz CT molecular complexity index is 511. The van der Waals surface area contributed by atoms with Crippen molar-refractivity contribution in [3.05, 3.63) is 35.5 Å². The van der Waals surface area contributed by atoms with Gasteiger partial charge < -0.3 is 11.1 Å². The van der Waals surface area contributed by atoms with Gasteiger partial charge in [-0.05, 0) is 25.5 Å². The fourth-order valence-electron chi connectivity index (χ4n) is 1.76. The number of nitrogens with one attached hydrogen (secondary N) is 1. The number of nitrogen functional groups attached to an aromatic ring is 1. The predicted molar refractivity (Wildman–Crippen MR) is 71.5 cm³/mol. The zero-order chi connectivity index (χ0) is 12.4. The van der Waals surface area contributed by atoms with Crippen LogP contribution in [-0.4, -0.2) is 9.78 Å². The van der Waals surface area contributed by atoms with Crippen molar-refractivity contribution in [1.82, 2.24) is 9.78 Å². The fourth-order valence-corrected chi connectivity index (χ4v) is 1.76. The Morgan fingerprint density at radius 3 is 2.53 bits per heavy atom.